The number of anilines is 1. The molecule has 0 saturated carbocycles. The average molecular weight is 309 g/mol. The van der Waals surface area contributed by atoms with Gasteiger partial charge in [-0.2, -0.15) is 5.10 Å². The highest BCUT2D eigenvalue weighted by molar-refractivity contribution is 7.92. The van der Waals surface area contributed by atoms with Gasteiger partial charge in [-0.1, -0.05) is 11.8 Å². The molecule has 3 N–H and O–H groups in total. The summed E-state index contributed by atoms with van der Waals surface area (Å²) in [6.45, 7) is -0.0714. The molecule has 1 aromatic carbocycles. The van der Waals surface area contributed by atoms with Crippen LogP contribution in [-0.2, 0) is 10.0 Å². The van der Waals surface area contributed by atoms with Gasteiger partial charge < -0.3 is 5.11 Å². The zero-order chi connectivity index (χ0) is 15.3. The zero-order valence-corrected chi connectivity index (χ0v) is 11.6. The molecule has 0 aliphatic heterocycles. The number of rotatable bonds is 4. The van der Waals surface area contributed by atoms with E-state index in [2.05, 4.69) is 26.8 Å². The van der Waals surface area contributed by atoms with E-state index in [-0.39, 0.29) is 23.6 Å². The molecule has 0 spiro atoms. The lowest BCUT2D eigenvalue weighted by molar-refractivity contribution is 0.305. The summed E-state index contributed by atoms with van der Waals surface area (Å²) in [4.78, 5) is -0.0892. The van der Waals surface area contributed by atoms with Crippen LogP contribution in [0.2, 0.25) is 0 Å². The number of nitrogens with one attached hydrogen (secondary N) is 2. The number of aliphatic hydroxyl groups is 1. The lowest BCUT2D eigenvalue weighted by Crippen LogP contribution is -2.13. The zero-order valence-electron chi connectivity index (χ0n) is 10.8. The van der Waals surface area contributed by atoms with Gasteiger partial charge in [0.15, 0.2) is 0 Å². The highest BCUT2D eigenvalue weighted by Crippen LogP contribution is 2.19. The van der Waals surface area contributed by atoms with E-state index in [9.17, 15) is 12.8 Å². The quantitative estimate of drug-likeness (QED) is 0.737. The maximum atomic E-state index is 13.9. The van der Waals surface area contributed by atoms with Crippen molar-refractivity contribution in [3.63, 3.8) is 0 Å². The maximum absolute atomic E-state index is 13.9. The van der Waals surface area contributed by atoms with Crippen molar-refractivity contribution in [1.29, 1.82) is 0 Å². The van der Waals surface area contributed by atoms with Gasteiger partial charge in [-0.3, -0.25) is 9.82 Å². The van der Waals surface area contributed by atoms with Crippen LogP contribution in [0.5, 0.6) is 0 Å². The number of benzene rings is 1. The van der Waals surface area contributed by atoms with E-state index in [0.29, 0.717) is 5.56 Å². The molecule has 0 saturated heterocycles. The summed E-state index contributed by atoms with van der Waals surface area (Å²) in [7, 11) is -3.88. The summed E-state index contributed by atoms with van der Waals surface area (Å²) in [6, 6.07) is 3.90. The summed E-state index contributed by atoms with van der Waals surface area (Å²) < 4.78 is 39.8. The number of aromatic nitrogens is 2. The molecule has 0 bridgehead atoms. The fourth-order valence-electron chi connectivity index (χ4n) is 1.49. The Labute approximate surface area is 121 Å². The Kier molecular flexibility index (Phi) is 4.57. The Morgan fingerprint density at radius 1 is 1.43 bits per heavy atom. The third kappa shape index (κ3) is 3.81. The van der Waals surface area contributed by atoms with Crippen LogP contribution in [0.3, 0.4) is 0 Å². The normalized spacial score (nSPS) is 10.8. The van der Waals surface area contributed by atoms with E-state index in [4.69, 9.17) is 5.11 Å². The monoisotopic (exact) mass is 309 g/mol. The van der Waals surface area contributed by atoms with Gasteiger partial charge in [-0.15, -0.1) is 0 Å². The molecule has 110 valence electrons. The van der Waals surface area contributed by atoms with Gasteiger partial charge in [0.2, 0.25) is 0 Å². The summed E-state index contributed by atoms with van der Waals surface area (Å²) in [5.74, 6) is 4.57. The number of hydrogen-bond donors (Lipinski definition) is 3. The Balaban J connectivity index is 2.21. The first-order chi connectivity index (χ1) is 10.0. The lowest BCUT2D eigenvalue weighted by atomic mass is 10.2. The number of sulfonamides is 1. The van der Waals surface area contributed by atoms with E-state index in [1.807, 2.05) is 0 Å². The molecule has 2 rings (SSSR count). The highest BCUT2D eigenvalue weighted by Gasteiger charge is 2.17. The molecular weight excluding hydrogens is 297 g/mol. The summed E-state index contributed by atoms with van der Waals surface area (Å²) >= 11 is 0. The first-order valence-corrected chi connectivity index (χ1v) is 7.42. The molecule has 1 aromatic heterocycles. The molecule has 0 aliphatic carbocycles. The van der Waals surface area contributed by atoms with Crippen molar-refractivity contribution >= 4 is 15.7 Å². The van der Waals surface area contributed by atoms with Gasteiger partial charge >= 0.3 is 0 Å². The largest absolute Gasteiger partial charge is 0.395 e. The lowest BCUT2D eigenvalue weighted by Gasteiger charge is -2.07. The molecular formula is C13H12FN3O3S. The first-order valence-electron chi connectivity index (χ1n) is 5.94. The molecule has 0 unspecified atom stereocenters. The first kappa shape index (κ1) is 15.0. The third-order valence-electron chi connectivity index (χ3n) is 2.47. The molecule has 8 heteroatoms. The van der Waals surface area contributed by atoms with Crippen molar-refractivity contribution in [3.05, 3.63) is 42.0 Å². The second-order valence-electron chi connectivity index (χ2n) is 4.01. The minimum Gasteiger partial charge on any atom is -0.395 e. The summed E-state index contributed by atoms with van der Waals surface area (Å²) in [5.41, 5.74) is 0.219. The Morgan fingerprint density at radius 2 is 2.24 bits per heavy atom. The van der Waals surface area contributed by atoms with Gasteiger partial charge in [0, 0.05) is 18.2 Å². The maximum Gasteiger partial charge on any atom is 0.265 e. The van der Waals surface area contributed by atoms with Crippen LogP contribution in [0.15, 0.2) is 35.5 Å². The molecule has 0 fully saturated rings. The number of aromatic amines is 1. The van der Waals surface area contributed by atoms with Crippen molar-refractivity contribution in [2.45, 2.75) is 11.3 Å². The predicted molar refractivity (Wildman–Crippen MR) is 74.4 cm³/mol. The number of halogens is 1. The van der Waals surface area contributed by atoms with Crippen molar-refractivity contribution in [3.8, 4) is 11.8 Å². The van der Waals surface area contributed by atoms with Crippen LogP contribution in [-0.4, -0.2) is 30.3 Å². The minimum absolute atomic E-state index is 0.0714. The van der Waals surface area contributed by atoms with Crippen molar-refractivity contribution in [1.82, 2.24) is 10.2 Å². The van der Waals surface area contributed by atoms with Crippen molar-refractivity contribution in [2.75, 3.05) is 11.3 Å². The number of aliphatic hydroxyl groups excluding tert-OH is 1. The molecule has 1 heterocycles. The topological polar surface area (TPSA) is 95.1 Å². The molecule has 0 aliphatic rings. The van der Waals surface area contributed by atoms with Gasteiger partial charge in [-0.05, 0) is 18.2 Å². The van der Waals surface area contributed by atoms with E-state index in [1.165, 1.54) is 18.3 Å². The fourth-order valence-corrected chi connectivity index (χ4v) is 2.46. The highest BCUT2D eigenvalue weighted by atomic mass is 32.2. The SMILES string of the molecule is O=S(=O)(Nc1ccc(C#CCCO)cc1F)c1cn[nH]c1. The molecule has 0 atom stereocenters. The minimum atomic E-state index is -3.88. The van der Waals surface area contributed by atoms with Crippen LogP contribution in [0, 0.1) is 17.7 Å². The van der Waals surface area contributed by atoms with E-state index >= 15 is 0 Å². The molecule has 0 radical (unpaired) electrons. The van der Waals surface area contributed by atoms with Gasteiger partial charge in [0.05, 0.1) is 18.5 Å². The van der Waals surface area contributed by atoms with Crippen LogP contribution < -0.4 is 4.72 Å². The second kappa shape index (κ2) is 6.39. The number of hydrogen-bond acceptors (Lipinski definition) is 4. The Morgan fingerprint density at radius 3 is 2.86 bits per heavy atom. The molecule has 2 aromatic rings. The van der Waals surface area contributed by atoms with Crippen LogP contribution in [0.4, 0.5) is 10.1 Å². The number of nitrogens with zero attached hydrogens (tertiary/aromatic N) is 1. The standard InChI is InChI=1S/C13H12FN3O3S/c14-12-7-10(3-1-2-6-18)4-5-13(12)17-21(19,20)11-8-15-16-9-11/h4-5,7-9,17-18H,2,6H2,(H,15,16). The van der Waals surface area contributed by atoms with Gasteiger partial charge in [-0.25, -0.2) is 12.8 Å². The number of H-pyrrole nitrogens is 1. The second-order valence-corrected chi connectivity index (χ2v) is 5.69. The van der Waals surface area contributed by atoms with Crippen LogP contribution in [0.1, 0.15) is 12.0 Å². The van der Waals surface area contributed by atoms with E-state index < -0.39 is 15.8 Å². The summed E-state index contributed by atoms with van der Waals surface area (Å²) in [5, 5.41) is 14.5. The molecule has 0 amide bonds. The van der Waals surface area contributed by atoms with Crippen molar-refractivity contribution < 1.29 is 17.9 Å². The van der Waals surface area contributed by atoms with E-state index in [1.54, 1.807) is 0 Å². The summed E-state index contributed by atoms with van der Waals surface area (Å²) in [6.07, 6.45) is 2.60. The van der Waals surface area contributed by atoms with Gasteiger partial charge in [0.25, 0.3) is 10.0 Å². The Hall–Kier alpha value is -2.37. The smallest absolute Gasteiger partial charge is 0.265 e. The molecule has 21 heavy (non-hydrogen) atoms. The third-order valence-corrected chi connectivity index (χ3v) is 3.80. The predicted octanol–water partition coefficient (Wildman–Crippen LogP) is 1.08. The average Bonchev–Trinajstić information content (AvgIpc) is 2.97. The van der Waals surface area contributed by atoms with Crippen molar-refractivity contribution in [2.24, 2.45) is 0 Å². The fraction of sp³-hybridized carbons (Fsp3) is 0.154. The van der Waals surface area contributed by atoms with E-state index in [0.717, 1.165) is 12.3 Å². The Bertz CT molecular complexity index is 777. The molecule has 6 nitrogen and oxygen atoms in total. The van der Waals surface area contributed by atoms with Gasteiger partial charge in [0.1, 0.15) is 10.7 Å². The van der Waals surface area contributed by atoms with Crippen LogP contribution in [0.25, 0.3) is 0 Å². The van der Waals surface area contributed by atoms with Crippen LogP contribution >= 0.6 is 0 Å².